The van der Waals surface area contributed by atoms with E-state index in [1.807, 2.05) is 0 Å². The number of aromatic amines is 1. The number of aliphatic hydroxyl groups excluding tert-OH is 1. The first-order chi connectivity index (χ1) is 17.4. The van der Waals surface area contributed by atoms with Crippen LogP contribution in [0.3, 0.4) is 0 Å². The van der Waals surface area contributed by atoms with Crippen molar-refractivity contribution in [2.24, 2.45) is 0 Å². The third-order valence-electron chi connectivity index (χ3n) is 5.93. The van der Waals surface area contributed by atoms with Crippen molar-refractivity contribution in [3.05, 3.63) is 62.9 Å². The summed E-state index contributed by atoms with van der Waals surface area (Å²) in [5.41, 5.74) is -2.52. The Morgan fingerprint density at radius 1 is 1.30 bits per heavy atom. The molecule has 2 aromatic rings. The second-order valence-corrected chi connectivity index (χ2v) is 11.0. The summed E-state index contributed by atoms with van der Waals surface area (Å²) >= 11 is 0. The summed E-state index contributed by atoms with van der Waals surface area (Å²) in [5, 5.41) is 13.5. The Morgan fingerprint density at radius 3 is 2.68 bits per heavy atom. The number of aryl methyl sites for hydroxylation is 1. The molecule has 202 valence electrons. The fraction of sp³-hybridized carbons (Fsp3) is 0.522. The normalized spacial score (nSPS) is 27.1. The van der Waals surface area contributed by atoms with Crippen LogP contribution in [-0.2, 0) is 28.1 Å². The zero-order chi connectivity index (χ0) is 27.0. The molecule has 3 N–H and O–H groups in total. The molecule has 2 fully saturated rings. The van der Waals surface area contributed by atoms with E-state index in [1.54, 1.807) is 44.2 Å². The molecule has 0 amide bonds. The first kappa shape index (κ1) is 27.2. The minimum absolute atomic E-state index is 0.122. The Labute approximate surface area is 212 Å². The van der Waals surface area contributed by atoms with E-state index in [0.717, 1.165) is 4.57 Å². The Morgan fingerprint density at radius 2 is 2.00 bits per heavy atom. The fourth-order valence-corrected chi connectivity index (χ4v) is 5.59. The van der Waals surface area contributed by atoms with Crippen LogP contribution < -0.4 is 20.9 Å². The number of hydrogen-bond donors (Lipinski definition) is 3. The zero-order valence-electron chi connectivity index (χ0n) is 20.8. The molecule has 0 spiro atoms. The highest BCUT2D eigenvalue weighted by Crippen LogP contribution is 2.50. The molecule has 14 heteroatoms. The number of para-hydroxylation sites is 1. The van der Waals surface area contributed by atoms with Crippen LogP contribution in [0.2, 0.25) is 0 Å². The molecule has 13 nitrogen and oxygen atoms in total. The molecule has 2 bridgehead atoms. The van der Waals surface area contributed by atoms with Gasteiger partial charge in [0.2, 0.25) is 0 Å². The topological polar surface area (TPSA) is 167 Å². The van der Waals surface area contributed by atoms with Crippen molar-refractivity contribution in [3.63, 3.8) is 0 Å². The predicted octanol–water partition coefficient (Wildman–Crippen LogP) is 1.01. The van der Waals surface area contributed by atoms with Crippen LogP contribution in [0.25, 0.3) is 0 Å². The molecule has 0 radical (unpaired) electrons. The van der Waals surface area contributed by atoms with Gasteiger partial charge in [0.1, 0.15) is 29.6 Å². The molecular weight excluding hydrogens is 509 g/mol. The number of nitrogens with one attached hydrogen (secondary N) is 2. The molecule has 0 saturated carbocycles. The second kappa shape index (κ2) is 10.5. The van der Waals surface area contributed by atoms with Crippen molar-refractivity contribution in [2.75, 3.05) is 13.2 Å². The largest absolute Gasteiger partial charge is 0.462 e. The monoisotopic (exact) mass is 539 g/mol. The Hall–Kier alpha value is -2.80. The lowest BCUT2D eigenvalue weighted by Gasteiger charge is -2.32. The number of rotatable bonds is 10. The van der Waals surface area contributed by atoms with Crippen LogP contribution in [0, 0.1) is 6.92 Å². The Kier molecular flexibility index (Phi) is 7.75. The van der Waals surface area contributed by atoms with Gasteiger partial charge in [0.15, 0.2) is 6.23 Å². The molecule has 2 saturated heterocycles. The molecule has 37 heavy (non-hydrogen) atoms. The average molecular weight is 539 g/mol. The summed E-state index contributed by atoms with van der Waals surface area (Å²) in [6.45, 7) is 5.74. The third-order valence-corrected chi connectivity index (χ3v) is 7.56. The van der Waals surface area contributed by atoms with E-state index in [0.29, 0.717) is 0 Å². The Bertz CT molecular complexity index is 1300. The number of aromatic nitrogens is 2. The number of carbonyl (C=O) groups is 1. The summed E-state index contributed by atoms with van der Waals surface area (Å²) in [5.74, 6) is -0.454. The average Bonchev–Trinajstić information content (AvgIpc) is 3.29. The predicted molar refractivity (Wildman–Crippen MR) is 129 cm³/mol. The maximum Gasteiger partial charge on any atom is 0.459 e. The van der Waals surface area contributed by atoms with Gasteiger partial charge in [0.25, 0.3) is 5.56 Å². The number of nitrogens with zero attached hydrogens (tertiary/aromatic N) is 1. The van der Waals surface area contributed by atoms with Gasteiger partial charge in [0.05, 0.1) is 19.3 Å². The Balaban J connectivity index is 1.55. The number of aliphatic hydroxyl groups is 1. The van der Waals surface area contributed by atoms with E-state index in [2.05, 4.69) is 10.1 Å². The lowest BCUT2D eigenvalue weighted by atomic mass is 10.0. The SMILES string of the molecule is Cc1cn([C@@H]2O[C@@]3(COP(=O)(N[C@@H](C)C(=O)OC(C)C)Oc4ccccc4)CO[C@@H]2[C@@H]3O)c(=O)[nH]c1=O. The van der Waals surface area contributed by atoms with E-state index in [-0.39, 0.29) is 17.9 Å². The van der Waals surface area contributed by atoms with Gasteiger partial charge in [-0.2, -0.15) is 5.09 Å². The molecule has 1 aromatic carbocycles. The second-order valence-electron chi connectivity index (χ2n) is 9.28. The van der Waals surface area contributed by atoms with E-state index in [4.69, 9.17) is 23.3 Å². The van der Waals surface area contributed by atoms with Crippen molar-refractivity contribution in [2.45, 2.75) is 63.9 Å². The van der Waals surface area contributed by atoms with E-state index in [9.17, 15) is 24.1 Å². The molecule has 2 aliphatic heterocycles. The van der Waals surface area contributed by atoms with Crippen molar-refractivity contribution in [1.29, 1.82) is 0 Å². The number of hydrogen-bond acceptors (Lipinski definition) is 10. The van der Waals surface area contributed by atoms with E-state index in [1.165, 1.54) is 20.0 Å². The molecule has 2 aliphatic rings. The molecule has 0 aliphatic carbocycles. The summed E-state index contributed by atoms with van der Waals surface area (Å²) in [6.07, 6.45) is -2.36. The van der Waals surface area contributed by atoms with Crippen LogP contribution >= 0.6 is 7.75 Å². The smallest absolute Gasteiger partial charge is 0.459 e. The highest BCUT2D eigenvalue weighted by molar-refractivity contribution is 7.52. The fourth-order valence-electron chi connectivity index (χ4n) is 4.04. The van der Waals surface area contributed by atoms with Crippen molar-refractivity contribution in [3.8, 4) is 5.75 Å². The molecule has 4 rings (SSSR count). The van der Waals surface area contributed by atoms with E-state index >= 15 is 0 Å². The van der Waals surface area contributed by atoms with Crippen LogP contribution in [0.1, 0.15) is 32.6 Å². The highest BCUT2D eigenvalue weighted by Gasteiger charge is 2.62. The number of ether oxygens (including phenoxy) is 3. The maximum absolute atomic E-state index is 13.8. The van der Waals surface area contributed by atoms with Crippen LogP contribution in [0.15, 0.2) is 46.1 Å². The summed E-state index contributed by atoms with van der Waals surface area (Å²) in [4.78, 5) is 38.7. The molecule has 1 unspecified atom stereocenters. The summed E-state index contributed by atoms with van der Waals surface area (Å²) < 4.78 is 43.1. The first-order valence-corrected chi connectivity index (χ1v) is 13.2. The number of fused-ring (bicyclic) bond motifs is 2. The number of H-pyrrole nitrogens is 1. The molecule has 3 heterocycles. The molecule has 1 aromatic heterocycles. The number of carbonyl (C=O) groups excluding carboxylic acids is 1. The standard InChI is InChI=1S/C23H30N3O10P/c1-13(2)34-21(29)15(4)25-37(31,36-16-8-6-5-7-9-16)33-12-23-11-32-17(18(23)27)20(35-23)26-10-14(3)19(28)24-22(26)30/h5-10,13,15,17-18,20,27H,11-12H2,1-4H3,(H,25,31)(H,24,28,30)/t15-,17+,18-,20+,23+,37?/m0/s1. The van der Waals surface area contributed by atoms with Crippen molar-refractivity contribution in [1.82, 2.24) is 14.6 Å². The van der Waals surface area contributed by atoms with Crippen molar-refractivity contribution < 1.29 is 37.7 Å². The van der Waals surface area contributed by atoms with Gasteiger partial charge in [-0.25, -0.2) is 9.36 Å². The molecule has 6 atom stereocenters. The maximum atomic E-state index is 13.8. The van der Waals surface area contributed by atoms with Crippen molar-refractivity contribution >= 4 is 13.7 Å². The lowest BCUT2D eigenvalue weighted by Crippen LogP contribution is -2.46. The highest BCUT2D eigenvalue weighted by atomic mass is 31.2. The minimum atomic E-state index is -4.24. The number of benzene rings is 1. The first-order valence-electron chi connectivity index (χ1n) is 11.7. The van der Waals surface area contributed by atoms with Gasteiger partial charge in [-0.3, -0.25) is 23.7 Å². The number of esters is 1. The summed E-state index contributed by atoms with van der Waals surface area (Å²) in [7, 11) is -4.24. The minimum Gasteiger partial charge on any atom is -0.462 e. The summed E-state index contributed by atoms with van der Waals surface area (Å²) in [6, 6.07) is 7.14. The van der Waals surface area contributed by atoms with Gasteiger partial charge in [-0.1, -0.05) is 18.2 Å². The zero-order valence-corrected chi connectivity index (χ0v) is 21.7. The van der Waals surface area contributed by atoms with Gasteiger partial charge in [-0.05, 0) is 39.8 Å². The van der Waals surface area contributed by atoms with E-state index < -0.39 is 67.8 Å². The van der Waals surface area contributed by atoms with Gasteiger partial charge in [0, 0.05) is 11.8 Å². The van der Waals surface area contributed by atoms with Crippen LogP contribution in [-0.4, -0.2) is 63.8 Å². The van der Waals surface area contributed by atoms with Crippen LogP contribution in [0.4, 0.5) is 0 Å². The van der Waals surface area contributed by atoms with Gasteiger partial charge in [-0.15, -0.1) is 0 Å². The third kappa shape index (κ3) is 5.71. The van der Waals surface area contributed by atoms with Crippen LogP contribution in [0.5, 0.6) is 5.75 Å². The van der Waals surface area contributed by atoms with Gasteiger partial charge >= 0.3 is 19.4 Å². The lowest BCUT2D eigenvalue weighted by molar-refractivity contribution is -0.185. The van der Waals surface area contributed by atoms with Gasteiger partial charge < -0.3 is 23.8 Å². The quantitative estimate of drug-likeness (QED) is 0.291. The molecular formula is C23H30N3O10P.